The fraction of sp³-hybridized carbons (Fsp3) is 0.294. The number of rotatable bonds is 3. The van der Waals surface area contributed by atoms with Crippen molar-refractivity contribution in [2.24, 2.45) is 0 Å². The number of methoxy groups -OCH3 is 1. The fourth-order valence-corrected chi connectivity index (χ4v) is 3.99. The van der Waals surface area contributed by atoms with E-state index in [0.29, 0.717) is 10.6 Å². The fourth-order valence-electron chi connectivity index (χ4n) is 2.71. The van der Waals surface area contributed by atoms with Gasteiger partial charge in [-0.05, 0) is 48.0 Å². The van der Waals surface area contributed by atoms with Gasteiger partial charge in [0.05, 0.1) is 16.9 Å². The Bertz CT molecular complexity index is 808. The van der Waals surface area contributed by atoms with E-state index >= 15 is 0 Å². The SMILES string of the molecule is COc1ccc(S(=O)(=O)c2ccc3c(c2)C(C)(C)CN3)cc1. The Balaban J connectivity index is 2.06. The van der Waals surface area contributed by atoms with E-state index in [1.807, 2.05) is 6.07 Å². The lowest BCUT2D eigenvalue weighted by molar-refractivity contribution is 0.414. The number of nitrogens with one attached hydrogen (secondary N) is 1. The monoisotopic (exact) mass is 317 g/mol. The Hall–Kier alpha value is -2.01. The molecule has 0 atom stereocenters. The molecule has 0 radical (unpaired) electrons. The third kappa shape index (κ3) is 2.35. The zero-order valence-corrected chi connectivity index (χ0v) is 13.7. The lowest BCUT2D eigenvalue weighted by atomic mass is 9.87. The zero-order valence-electron chi connectivity index (χ0n) is 12.9. The lowest BCUT2D eigenvalue weighted by Gasteiger charge is -2.17. The highest BCUT2D eigenvalue weighted by molar-refractivity contribution is 7.91. The van der Waals surface area contributed by atoms with Crippen LogP contribution in [0.15, 0.2) is 52.3 Å². The van der Waals surface area contributed by atoms with Crippen LogP contribution in [-0.4, -0.2) is 22.1 Å². The average molecular weight is 317 g/mol. The second-order valence-electron chi connectivity index (χ2n) is 6.12. The van der Waals surface area contributed by atoms with E-state index in [4.69, 9.17) is 4.74 Å². The zero-order chi connectivity index (χ0) is 16.0. The van der Waals surface area contributed by atoms with Crippen molar-refractivity contribution in [1.29, 1.82) is 0 Å². The van der Waals surface area contributed by atoms with Crippen molar-refractivity contribution >= 4 is 15.5 Å². The molecule has 0 fully saturated rings. The van der Waals surface area contributed by atoms with Crippen LogP contribution >= 0.6 is 0 Å². The second kappa shape index (κ2) is 5.02. The highest BCUT2D eigenvalue weighted by atomic mass is 32.2. The molecule has 0 bridgehead atoms. The number of anilines is 1. The van der Waals surface area contributed by atoms with Crippen LogP contribution in [0.1, 0.15) is 19.4 Å². The van der Waals surface area contributed by atoms with Gasteiger partial charge >= 0.3 is 0 Å². The molecule has 2 aromatic rings. The van der Waals surface area contributed by atoms with Crippen LogP contribution in [-0.2, 0) is 15.3 Å². The van der Waals surface area contributed by atoms with Crippen molar-refractivity contribution in [2.75, 3.05) is 19.0 Å². The molecule has 0 spiro atoms. The van der Waals surface area contributed by atoms with Gasteiger partial charge in [-0.2, -0.15) is 0 Å². The quantitative estimate of drug-likeness (QED) is 0.944. The first-order valence-electron chi connectivity index (χ1n) is 7.12. The molecular formula is C17H19NO3S. The van der Waals surface area contributed by atoms with E-state index < -0.39 is 9.84 Å². The summed E-state index contributed by atoms with van der Waals surface area (Å²) in [6, 6.07) is 11.8. The Kier molecular flexibility index (Phi) is 3.40. The summed E-state index contributed by atoms with van der Waals surface area (Å²) < 4.78 is 30.6. The summed E-state index contributed by atoms with van der Waals surface area (Å²) in [7, 11) is -1.96. The van der Waals surface area contributed by atoms with Crippen LogP contribution in [0.5, 0.6) is 5.75 Å². The molecule has 116 valence electrons. The van der Waals surface area contributed by atoms with Crippen LogP contribution in [0.3, 0.4) is 0 Å². The maximum atomic E-state index is 12.8. The van der Waals surface area contributed by atoms with Gasteiger partial charge in [0.1, 0.15) is 5.75 Å². The second-order valence-corrected chi connectivity index (χ2v) is 8.07. The van der Waals surface area contributed by atoms with E-state index in [1.165, 1.54) is 0 Å². The van der Waals surface area contributed by atoms with Crippen molar-refractivity contribution in [3.8, 4) is 5.75 Å². The van der Waals surface area contributed by atoms with E-state index in [-0.39, 0.29) is 10.3 Å². The third-order valence-corrected chi connectivity index (χ3v) is 5.89. The van der Waals surface area contributed by atoms with E-state index in [1.54, 1.807) is 43.5 Å². The standard InChI is InChI=1S/C17H19NO3S/c1-17(2)11-18-16-9-8-14(10-15(16)17)22(19,20)13-6-4-12(21-3)5-7-13/h4-10,18H,11H2,1-3H3. The summed E-state index contributed by atoms with van der Waals surface area (Å²) in [5.74, 6) is 0.637. The molecule has 2 aromatic carbocycles. The Labute approximate surface area is 131 Å². The van der Waals surface area contributed by atoms with Crippen LogP contribution in [0.4, 0.5) is 5.69 Å². The molecule has 22 heavy (non-hydrogen) atoms. The molecule has 5 heteroatoms. The van der Waals surface area contributed by atoms with Crippen LogP contribution in [0, 0.1) is 0 Å². The Morgan fingerprint density at radius 3 is 2.32 bits per heavy atom. The van der Waals surface area contributed by atoms with Gasteiger partial charge in [-0.15, -0.1) is 0 Å². The first-order chi connectivity index (χ1) is 10.3. The summed E-state index contributed by atoms with van der Waals surface area (Å²) in [4.78, 5) is 0.602. The van der Waals surface area contributed by atoms with Gasteiger partial charge in [0, 0.05) is 17.6 Å². The Morgan fingerprint density at radius 2 is 1.68 bits per heavy atom. The molecule has 0 amide bonds. The average Bonchev–Trinajstić information content (AvgIpc) is 2.82. The topological polar surface area (TPSA) is 55.4 Å². The summed E-state index contributed by atoms with van der Waals surface area (Å²) in [5, 5.41) is 3.31. The van der Waals surface area contributed by atoms with E-state index in [2.05, 4.69) is 19.2 Å². The van der Waals surface area contributed by atoms with Gasteiger partial charge in [0.25, 0.3) is 0 Å². The van der Waals surface area contributed by atoms with Crippen molar-refractivity contribution in [2.45, 2.75) is 29.1 Å². The van der Waals surface area contributed by atoms with Gasteiger partial charge in [0.15, 0.2) is 0 Å². The molecule has 0 unspecified atom stereocenters. The van der Waals surface area contributed by atoms with Gasteiger partial charge in [-0.25, -0.2) is 8.42 Å². The first kappa shape index (κ1) is 14.9. The Morgan fingerprint density at radius 1 is 1.05 bits per heavy atom. The molecule has 0 saturated heterocycles. The maximum absolute atomic E-state index is 12.8. The molecule has 1 N–H and O–H groups in total. The molecule has 0 aliphatic carbocycles. The first-order valence-corrected chi connectivity index (χ1v) is 8.60. The molecule has 4 nitrogen and oxygen atoms in total. The number of hydrogen-bond donors (Lipinski definition) is 1. The third-order valence-electron chi connectivity index (χ3n) is 4.12. The predicted molar refractivity (Wildman–Crippen MR) is 86.4 cm³/mol. The molecule has 1 aliphatic rings. The minimum Gasteiger partial charge on any atom is -0.497 e. The van der Waals surface area contributed by atoms with Crippen molar-refractivity contribution in [3.63, 3.8) is 0 Å². The molecule has 0 aromatic heterocycles. The van der Waals surface area contributed by atoms with E-state index in [0.717, 1.165) is 17.8 Å². The lowest BCUT2D eigenvalue weighted by Crippen LogP contribution is -2.19. The predicted octanol–water partition coefficient (Wildman–Crippen LogP) is 3.23. The highest BCUT2D eigenvalue weighted by Gasteiger charge is 2.31. The normalized spacial score (nSPS) is 16.0. The minimum atomic E-state index is -3.52. The minimum absolute atomic E-state index is 0.0687. The van der Waals surface area contributed by atoms with E-state index in [9.17, 15) is 8.42 Å². The molecule has 1 aliphatic heterocycles. The maximum Gasteiger partial charge on any atom is 0.206 e. The highest BCUT2D eigenvalue weighted by Crippen LogP contribution is 2.38. The van der Waals surface area contributed by atoms with Crippen molar-refractivity contribution in [1.82, 2.24) is 0 Å². The summed E-state index contributed by atoms with van der Waals surface area (Å²) in [6.07, 6.45) is 0. The van der Waals surface area contributed by atoms with Crippen molar-refractivity contribution < 1.29 is 13.2 Å². The van der Waals surface area contributed by atoms with Gasteiger partial charge in [-0.3, -0.25) is 0 Å². The van der Waals surface area contributed by atoms with Crippen LogP contribution in [0.2, 0.25) is 0 Å². The largest absolute Gasteiger partial charge is 0.497 e. The smallest absolute Gasteiger partial charge is 0.206 e. The summed E-state index contributed by atoms with van der Waals surface area (Å²) in [5.41, 5.74) is 1.99. The number of sulfone groups is 1. The molecule has 3 rings (SSSR count). The number of benzene rings is 2. The number of ether oxygens (including phenoxy) is 1. The summed E-state index contributed by atoms with van der Waals surface area (Å²) >= 11 is 0. The van der Waals surface area contributed by atoms with Crippen LogP contribution in [0.25, 0.3) is 0 Å². The van der Waals surface area contributed by atoms with Gasteiger partial charge in [-0.1, -0.05) is 13.8 Å². The van der Waals surface area contributed by atoms with Gasteiger partial charge in [0.2, 0.25) is 9.84 Å². The van der Waals surface area contributed by atoms with Crippen LogP contribution < -0.4 is 10.1 Å². The molecule has 0 saturated carbocycles. The van der Waals surface area contributed by atoms with Crippen molar-refractivity contribution in [3.05, 3.63) is 48.0 Å². The van der Waals surface area contributed by atoms with Gasteiger partial charge < -0.3 is 10.1 Å². The molecular weight excluding hydrogens is 298 g/mol. The number of hydrogen-bond acceptors (Lipinski definition) is 4. The summed E-state index contributed by atoms with van der Waals surface area (Å²) in [6.45, 7) is 5.03. The number of fused-ring (bicyclic) bond motifs is 1. The molecule has 1 heterocycles.